The summed E-state index contributed by atoms with van der Waals surface area (Å²) in [6, 6.07) is 14.7. The number of carbonyl (C=O) groups is 2. The second kappa shape index (κ2) is 9.61. The molecule has 9 nitrogen and oxygen atoms in total. The van der Waals surface area contributed by atoms with Crippen molar-refractivity contribution in [3.8, 4) is 11.4 Å². The van der Waals surface area contributed by atoms with Crippen molar-refractivity contribution >= 4 is 17.6 Å². The zero-order valence-corrected chi connectivity index (χ0v) is 18.2. The lowest BCUT2D eigenvalue weighted by Crippen LogP contribution is -2.47. The highest BCUT2D eigenvalue weighted by atomic mass is 16.5. The Hall–Kier alpha value is -3.72. The minimum absolute atomic E-state index is 0.113. The van der Waals surface area contributed by atoms with Crippen LogP contribution < -0.4 is 10.1 Å². The first-order chi connectivity index (χ1) is 15.5. The average molecular weight is 435 g/mol. The molecule has 3 aromatic rings. The molecular weight excluding hydrogens is 408 g/mol. The van der Waals surface area contributed by atoms with Crippen LogP contribution in [0.4, 0.5) is 5.82 Å². The minimum atomic E-state index is -0.322. The molecule has 0 saturated carbocycles. The number of piperazine rings is 1. The van der Waals surface area contributed by atoms with Gasteiger partial charge < -0.3 is 15.0 Å². The number of amides is 2. The molecule has 4 rings (SSSR count). The molecule has 1 aliphatic heterocycles. The van der Waals surface area contributed by atoms with Crippen LogP contribution in [0, 0.1) is 0 Å². The number of hydrogen-bond acceptors (Lipinski definition) is 6. The van der Waals surface area contributed by atoms with E-state index in [1.54, 1.807) is 37.0 Å². The van der Waals surface area contributed by atoms with E-state index in [1.165, 1.54) is 0 Å². The third kappa shape index (κ3) is 5.12. The topological polar surface area (TPSA) is 92.6 Å². The van der Waals surface area contributed by atoms with E-state index in [0.717, 1.165) is 43.3 Å². The number of ether oxygens (including phenoxy) is 1. The molecule has 0 atom stereocenters. The molecule has 0 aliphatic carbocycles. The zero-order valence-electron chi connectivity index (χ0n) is 18.2. The summed E-state index contributed by atoms with van der Waals surface area (Å²) >= 11 is 0. The molecule has 2 amide bonds. The van der Waals surface area contributed by atoms with Gasteiger partial charge in [0.05, 0.1) is 18.5 Å². The molecule has 2 aromatic heterocycles. The lowest BCUT2D eigenvalue weighted by molar-refractivity contribution is -0.130. The van der Waals surface area contributed by atoms with Crippen molar-refractivity contribution < 1.29 is 14.3 Å². The number of carbonyl (C=O) groups excluding carboxylic acids is 2. The number of hydrogen-bond donors (Lipinski definition) is 1. The standard InChI is InChI=1S/C23H26N6O3/c1-17(30)28-14-12-27(13-15-28)16-18-4-3-5-22(24-18)25-23(31)21-10-11-29(26-21)19-6-8-20(32-2)9-7-19/h3-11H,12-16H2,1-2H3,(H,24,25,31). The van der Waals surface area contributed by atoms with Gasteiger partial charge in [0.25, 0.3) is 5.91 Å². The van der Waals surface area contributed by atoms with Crippen LogP contribution in [0.3, 0.4) is 0 Å². The van der Waals surface area contributed by atoms with Crippen LogP contribution in [-0.4, -0.2) is 69.7 Å². The number of methoxy groups -OCH3 is 1. The summed E-state index contributed by atoms with van der Waals surface area (Å²) in [7, 11) is 1.61. The van der Waals surface area contributed by atoms with E-state index >= 15 is 0 Å². The molecular formula is C23H26N6O3. The summed E-state index contributed by atoms with van der Waals surface area (Å²) in [5.74, 6) is 1.03. The highest BCUT2D eigenvalue weighted by Crippen LogP contribution is 2.15. The van der Waals surface area contributed by atoms with E-state index in [4.69, 9.17) is 4.74 Å². The Labute approximate surface area is 186 Å². The second-order valence-electron chi connectivity index (χ2n) is 7.59. The van der Waals surface area contributed by atoms with E-state index < -0.39 is 0 Å². The monoisotopic (exact) mass is 434 g/mol. The first-order valence-corrected chi connectivity index (χ1v) is 10.5. The van der Waals surface area contributed by atoms with Gasteiger partial charge >= 0.3 is 0 Å². The molecule has 0 radical (unpaired) electrons. The highest BCUT2D eigenvalue weighted by Gasteiger charge is 2.19. The lowest BCUT2D eigenvalue weighted by atomic mass is 10.2. The van der Waals surface area contributed by atoms with Crippen LogP contribution in [0.2, 0.25) is 0 Å². The number of nitrogens with one attached hydrogen (secondary N) is 1. The van der Waals surface area contributed by atoms with Crippen LogP contribution in [0.15, 0.2) is 54.7 Å². The Morgan fingerprint density at radius 2 is 1.78 bits per heavy atom. The summed E-state index contributed by atoms with van der Waals surface area (Å²) in [5.41, 5.74) is 1.99. The molecule has 1 N–H and O–H groups in total. The molecule has 1 aromatic carbocycles. The van der Waals surface area contributed by atoms with Gasteiger partial charge in [-0.3, -0.25) is 14.5 Å². The van der Waals surface area contributed by atoms with Gasteiger partial charge in [0.1, 0.15) is 11.6 Å². The molecule has 0 bridgehead atoms. The van der Waals surface area contributed by atoms with Gasteiger partial charge in [-0.2, -0.15) is 5.10 Å². The minimum Gasteiger partial charge on any atom is -0.497 e. The van der Waals surface area contributed by atoms with Crippen molar-refractivity contribution in [3.05, 3.63) is 66.1 Å². The van der Waals surface area contributed by atoms with Crippen molar-refractivity contribution in [2.24, 2.45) is 0 Å². The van der Waals surface area contributed by atoms with Gasteiger partial charge in [0, 0.05) is 45.8 Å². The van der Waals surface area contributed by atoms with Crippen molar-refractivity contribution in [2.45, 2.75) is 13.5 Å². The normalized spacial score (nSPS) is 14.2. The maximum Gasteiger partial charge on any atom is 0.277 e. The smallest absolute Gasteiger partial charge is 0.277 e. The predicted octanol–water partition coefficient (Wildman–Crippen LogP) is 2.19. The molecule has 0 spiro atoms. The molecule has 0 unspecified atom stereocenters. The summed E-state index contributed by atoms with van der Waals surface area (Å²) in [6.45, 7) is 5.33. The summed E-state index contributed by atoms with van der Waals surface area (Å²) < 4.78 is 6.80. The average Bonchev–Trinajstić information content (AvgIpc) is 3.30. The molecule has 9 heteroatoms. The number of aromatic nitrogens is 3. The highest BCUT2D eigenvalue weighted by molar-refractivity contribution is 6.02. The van der Waals surface area contributed by atoms with Gasteiger partial charge in [-0.05, 0) is 42.5 Å². The fourth-order valence-corrected chi connectivity index (χ4v) is 3.59. The van der Waals surface area contributed by atoms with Crippen molar-refractivity contribution in [1.82, 2.24) is 24.6 Å². The molecule has 166 valence electrons. The van der Waals surface area contributed by atoms with Gasteiger partial charge in [-0.25, -0.2) is 9.67 Å². The fourth-order valence-electron chi connectivity index (χ4n) is 3.59. The van der Waals surface area contributed by atoms with Crippen LogP contribution >= 0.6 is 0 Å². The van der Waals surface area contributed by atoms with Crippen LogP contribution in [0.5, 0.6) is 5.75 Å². The van der Waals surface area contributed by atoms with E-state index in [1.807, 2.05) is 41.3 Å². The Kier molecular flexibility index (Phi) is 6.46. The van der Waals surface area contributed by atoms with Crippen molar-refractivity contribution in [2.75, 3.05) is 38.6 Å². The SMILES string of the molecule is COc1ccc(-n2ccc(C(=O)Nc3cccc(CN4CCN(C(C)=O)CC4)n3)n2)cc1. The van der Waals surface area contributed by atoms with Gasteiger partial charge in [0.15, 0.2) is 5.69 Å². The third-order valence-electron chi connectivity index (χ3n) is 5.41. The molecule has 1 aliphatic rings. The largest absolute Gasteiger partial charge is 0.497 e. The van der Waals surface area contributed by atoms with Gasteiger partial charge in [-0.1, -0.05) is 6.07 Å². The van der Waals surface area contributed by atoms with E-state index in [9.17, 15) is 9.59 Å². The predicted molar refractivity (Wildman–Crippen MR) is 120 cm³/mol. The number of anilines is 1. The number of nitrogens with zero attached hydrogens (tertiary/aromatic N) is 5. The zero-order chi connectivity index (χ0) is 22.5. The number of rotatable bonds is 6. The molecule has 32 heavy (non-hydrogen) atoms. The van der Waals surface area contributed by atoms with Gasteiger partial charge in [0.2, 0.25) is 5.91 Å². The lowest BCUT2D eigenvalue weighted by Gasteiger charge is -2.33. The fraction of sp³-hybridized carbons (Fsp3) is 0.304. The number of benzene rings is 1. The first-order valence-electron chi connectivity index (χ1n) is 10.5. The second-order valence-corrected chi connectivity index (χ2v) is 7.59. The summed E-state index contributed by atoms with van der Waals surface area (Å²) in [4.78, 5) is 32.8. The third-order valence-corrected chi connectivity index (χ3v) is 5.41. The molecule has 1 fully saturated rings. The van der Waals surface area contributed by atoms with Crippen LogP contribution in [0.1, 0.15) is 23.1 Å². The molecule has 3 heterocycles. The van der Waals surface area contributed by atoms with E-state index in [0.29, 0.717) is 18.1 Å². The van der Waals surface area contributed by atoms with Crippen LogP contribution in [-0.2, 0) is 11.3 Å². The Morgan fingerprint density at radius 1 is 1.03 bits per heavy atom. The van der Waals surface area contributed by atoms with Crippen molar-refractivity contribution in [1.29, 1.82) is 0 Å². The van der Waals surface area contributed by atoms with Crippen molar-refractivity contribution in [3.63, 3.8) is 0 Å². The maximum absolute atomic E-state index is 12.7. The Morgan fingerprint density at radius 3 is 2.47 bits per heavy atom. The van der Waals surface area contributed by atoms with Gasteiger partial charge in [-0.15, -0.1) is 0 Å². The maximum atomic E-state index is 12.7. The van der Waals surface area contributed by atoms with E-state index in [-0.39, 0.29) is 11.8 Å². The first kappa shape index (κ1) is 21.5. The Balaban J connectivity index is 1.37. The van der Waals surface area contributed by atoms with Crippen LogP contribution in [0.25, 0.3) is 5.69 Å². The van der Waals surface area contributed by atoms with E-state index in [2.05, 4.69) is 20.3 Å². The molecule has 1 saturated heterocycles. The number of pyridine rings is 1. The summed E-state index contributed by atoms with van der Waals surface area (Å²) in [6.07, 6.45) is 1.74. The Bertz CT molecular complexity index is 1090. The summed E-state index contributed by atoms with van der Waals surface area (Å²) in [5, 5.41) is 7.19. The quantitative estimate of drug-likeness (QED) is 0.639.